The normalized spacial score (nSPS) is 13.8. The van der Waals surface area contributed by atoms with Crippen molar-refractivity contribution in [1.29, 1.82) is 0 Å². The van der Waals surface area contributed by atoms with Gasteiger partial charge in [0, 0.05) is 4.47 Å². The van der Waals surface area contributed by atoms with Crippen LogP contribution < -0.4 is 0 Å². The lowest BCUT2D eigenvalue weighted by Gasteiger charge is -2.11. The maximum absolute atomic E-state index is 3.70. The van der Waals surface area contributed by atoms with E-state index in [4.69, 9.17) is 0 Å². The van der Waals surface area contributed by atoms with E-state index in [2.05, 4.69) is 83.5 Å². The predicted molar refractivity (Wildman–Crippen MR) is 93.5 cm³/mol. The molecule has 1 aliphatic carbocycles. The zero-order chi connectivity index (χ0) is 14.4. The molecule has 3 aromatic rings. The Morgan fingerprint density at radius 2 is 1.52 bits per heavy atom. The van der Waals surface area contributed by atoms with E-state index in [9.17, 15) is 0 Å². The average Bonchev–Trinajstić information content (AvgIpc) is 2.84. The third-order valence-corrected chi connectivity index (χ3v) is 5.06. The molecule has 0 aromatic heterocycles. The van der Waals surface area contributed by atoms with Crippen LogP contribution in [0.25, 0.3) is 16.3 Å². The zero-order valence-electron chi connectivity index (χ0n) is 11.9. The summed E-state index contributed by atoms with van der Waals surface area (Å²) in [6.07, 6.45) is 1.04. The third-order valence-electron chi connectivity index (χ3n) is 4.32. The van der Waals surface area contributed by atoms with Crippen molar-refractivity contribution in [2.75, 3.05) is 0 Å². The highest BCUT2D eigenvalue weighted by Gasteiger charge is 2.22. The largest absolute Gasteiger partial charge is 0.0616 e. The smallest absolute Gasteiger partial charge is 0.0216 e. The molecule has 0 atom stereocenters. The Kier molecular flexibility index (Phi) is 2.97. The van der Waals surface area contributed by atoms with Crippen LogP contribution in [0.3, 0.4) is 0 Å². The third kappa shape index (κ3) is 1.96. The second-order valence-corrected chi connectivity index (χ2v) is 6.48. The van der Waals surface area contributed by atoms with E-state index in [0.29, 0.717) is 0 Å². The number of fused-ring (bicyclic) bond motifs is 2. The molecule has 0 bridgehead atoms. The topological polar surface area (TPSA) is 0 Å². The summed E-state index contributed by atoms with van der Waals surface area (Å²) < 4.78 is 1.22. The van der Waals surface area contributed by atoms with E-state index in [1.807, 2.05) is 0 Å². The summed E-state index contributed by atoms with van der Waals surface area (Å²) in [6.45, 7) is 2.25. The van der Waals surface area contributed by atoms with Gasteiger partial charge in [-0.2, -0.15) is 0 Å². The molecule has 0 aliphatic heterocycles. The maximum atomic E-state index is 3.70. The minimum Gasteiger partial charge on any atom is -0.0616 e. The Balaban J connectivity index is 2.03. The van der Waals surface area contributed by atoms with Crippen LogP contribution in [-0.2, 0) is 6.42 Å². The van der Waals surface area contributed by atoms with Gasteiger partial charge in [0.25, 0.3) is 0 Å². The van der Waals surface area contributed by atoms with Gasteiger partial charge in [0.05, 0.1) is 0 Å². The second kappa shape index (κ2) is 4.85. The van der Waals surface area contributed by atoms with Gasteiger partial charge in [-0.25, -0.2) is 0 Å². The summed E-state index contributed by atoms with van der Waals surface area (Å²) in [4.78, 5) is 0. The lowest BCUT2D eigenvalue weighted by molar-refractivity contribution is 1.18. The van der Waals surface area contributed by atoms with Crippen LogP contribution in [0.4, 0.5) is 0 Å². The number of benzene rings is 3. The van der Waals surface area contributed by atoms with Crippen molar-refractivity contribution in [3.63, 3.8) is 0 Å². The van der Waals surface area contributed by atoms with Gasteiger partial charge in [-0.05, 0) is 52.4 Å². The van der Waals surface area contributed by atoms with Gasteiger partial charge in [0.1, 0.15) is 0 Å². The summed E-state index contributed by atoms with van der Waals surface area (Å²) in [5, 5.41) is 2.64. The van der Waals surface area contributed by atoms with Crippen LogP contribution in [-0.4, -0.2) is 0 Å². The van der Waals surface area contributed by atoms with Crippen LogP contribution in [0.2, 0.25) is 0 Å². The fourth-order valence-corrected chi connectivity index (χ4v) is 3.88. The quantitative estimate of drug-likeness (QED) is 0.513. The second-order valence-electron chi connectivity index (χ2n) is 5.62. The molecular formula is C20H15Br. The van der Waals surface area contributed by atoms with Gasteiger partial charge in [-0.15, -0.1) is 0 Å². The average molecular weight is 335 g/mol. The molecule has 0 saturated heterocycles. The highest BCUT2D eigenvalue weighted by Crippen LogP contribution is 2.42. The number of rotatable bonds is 1. The molecule has 0 N–H and O–H groups in total. The molecule has 1 heteroatoms. The lowest BCUT2D eigenvalue weighted by atomic mass is 9.93. The Morgan fingerprint density at radius 1 is 0.810 bits per heavy atom. The predicted octanol–water partition coefficient (Wildman–Crippen LogP) is 5.98. The summed E-state index contributed by atoms with van der Waals surface area (Å²) in [5.74, 6) is 0. The molecule has 0 saturated carbocycles. The van der Waals surface area contributed by atoms with E-state index in [-0.39, 0.29) is 0 Å². The van der Waals surface area contributed by atoms with Gasteiger partial charge in [-0.3, -0.25) is 0 Å². The summed E-state index contributed by atoms with van der Waals surface area (Å²) in [7, 11) is 0. The van der Waals surface area contributed by atoms with Crippen LogP contribution in [0.15, 0.2) is 70.7 Å². The van der Waals surface area contributed by atoms with E-state index < -0.39 is 0 Å². The SMILES string of the molecule is CC1=C(c2cccc3ccccc23)c2cccc(Br)c2C1. The first-order valence-electron chi connectivity index (χ1n) is 7.21. The Hall–Kier alpha value is -1.86. The van der Waals surface area contributed by atoms with Crippen LogP contribution >= 0.6 is 15.9 Å². The Labute approximate surface area is 133 Å². The fourth-order valence-electron chi connectivity index (χ4n) is 3.37. The van der Waals surface area contributed by atoms with Gasteiger partial charge in [0.2, 0.25) is 0 Å². The molecule has 21 heavy (non-hydrogen) atoms. The van der Waals surface area contributed by atoms with Crippen LogP contribution in [0.5, 0.6) is 0 Å². The fraction of sp³-hybridized carbons (Fsp3) is 0.100. The molecular weight excluding hydrogens is 320 g/mol. The first-order chi connectivity index (χ1) is 10.3. The van der Waals surface area contributed by atoms with Crippen molar-refractivity contribution < 1.29 is 0 Å². The number of allylic oxidation sites excluding steroid dienone is 1. The summed E-state index contributed by atoms with van der Waals surface area (Å²) in [5.41, 5.74) is 7.00. The van der Waals surface area contributed by atoms with E-state index in [0.717, 1.165) is 6.42 Å². The van der Waals surface area contributed by atoms with Gasteiger partial charge >= 0.3 is 0 Å². The molecule has 0 radical (unpaired) electrons. The molecule has 3 aromatic carbocycles. The van der Waals surface area contributed by atoms with Crippen molar-refractivity contribution in [3.8, 4) is 0 Å². The molecule has 0 fully saturated rings. The van der Waals surface area contributed by atoms with Crippen LogP contribution in [0.1, 0.15) is 23.6 Å². The first-order valence-corrected chi connectivity index (χ1v) is 8.00. The minimum absolute atomic E-state index is 1.04. The zero-order valence-corrected chi connectivity index (χ0v) is 13.4. The Morgan fingerprint density at radius 3 is 2.43 bits per heavy atom. The highest BCUT2D eigenvalue weighted by atomic mass is 79.9. The van der Waals surface area contributed by atoms with Gasteiger partial charge in [0.15, 0.2) is 0 Å². The maximum Gasteiger partial charge on any atom is 0.0216 e. The number of hydrogen-bond donors (Lipinski definition) is 0. The van der Waals surface area contributed by atoms with Gasteiger partial charge in [-0.1, -0.05) is 76.1 Å². The monoisotopic (exact) mass is 334 g/mol. The van der Waals surface area contributed by atoms with Crippen LogP contribution in [0, 0.1) is 0 Å². The molecule has 0 nitrogen and oxygen atoms in total. The van der Waals surface area contributed by atoms with Gasteiger partial charge < -0.3 is 0 Å². The molecule has 4 rings (SSSR count). The summed E-state index contributed by atoms with van der Waals surface area (Å²) >= 11 is 3.70. The molecule has 0 amide bonds. The molecule has 1 aliphatic rings. The molecule has 0 unspecified atom stereocenters. The first kappa shape index (κ1) is 12.8. The highest BCUT2D eigenvalue weighted by molar-refractivity contribution is 9.10. The van der Waals surface area contributed by atoms with E-state index in [1.165, 1.54) is 43.1 Å². The van der Waals surface area contributed by atoms with E-state index >= 15 is 0 Å². The van der Waals surface area contributed by atoms with Crippen molar-refractivity contribution in [2.45, 2.75) is 13.3 Å². The standard InChI is InChI=1S/C20H15Br/c1-13-12-18-17(10-5-11-19(18)21)20(13)16-9-4-7-14-6-2-3-8-15(14)16/h2-11H,12H2,1H3. The van der Waals surface area contributed by atoms with Crippen molar-refractivity contribution >= 4 is 32.3 Å². The summed E-state index contributed by atoms with van der Waals surface area (Å²) in [6, 6.07) is 21.7. The number of halogens is 1. The Bertz CT molecular complexity index is 882. The molecule has 0 heterocycles. The van der Waals surface area contributed by atoms with E-state index in [1.54, 1.807) is 0 Å². The number of hydrogen-bond acceptors (Lipinski definition) is 0. The molecule has 0 spiro atoms. The van der Waals surface area contributed by atoms with Crippen molar-refractivity contribution in [1.82, 2.24) is 0 Å². The van der Waals surface area contributed by atoms with Crippen molar-refractivity contribution in [2.24, 2.45) is 0 Å². The lowest BCUT2D eigenvalue weighted by Crippen LogP contribution is -1.90. The van der Waals surface area contributed by atoms with Crippen molar-refractivity contribution in [3.05, 3.63) is 87.4 Å². The minimum atomic E-state index is 1.04. The molecule has 102 valence electrons.